The van der Waals surface area contributed by atoms with E-state index in [1.807, 2.05) is 36.8 Å². The zero-order chi connectivity index (χ0) is 19.8. The minimum Gasteiger partial charge on any atom is -0.362 e. The van der Waals surface area contributed by atoms with Gasteiger partial charge in [0.25, 0.3) is 0 Å². The summed E-state index contributed by atoms with van der Waals surface area (Å²) in [6.45, 7) is 8.67. The SMILES string of the molecule is CCN(CC)C(=O)C1Cc2cc(S(=O)(=O)N3CCC(C)CC3)ccc2N1C. The van der Waals surface area contributed by atoms with Crippen molar-refractivity contribution in [1.29, 1.82) is 0 Å². The average Bonchev–Trinajstić information content (AvgIpc) is 2.99. The van der Waals surface area contributed by atoms with Crippen LogP contribution in [0.4, 0.5) is 5.69 Å². The summed E-state index contributed by atoms with van der Waals surface area (Å²) in [5.74, 6) is 0.685. The summed E-state index contributed by atoms with van der Waals surface area (Å²) in [7, 11) is -1.55. The Kier molecular flexibility index (Phi) is 5.82. The van der Waals surface area contributed by atoms with Crippen molar-refractivity contribution in [2.75, 3.05) is 38.1 Å². The number of amides is 1. The maximum Gasteiger partial charge on any atom is 0.245 e. The van der Waals surface area contributed by atoms with Gasteiger partial charge in [0.1, 0.15) is 6.04 Å². The summed E-state index contributed by atoms with van der Waals surface area (Å²) in [5.41, 5.74) is 1.89. The highest BCUT2D eigenvalue weighted by molar-refractivity contribution is 7.89. The predicted octanol–water partition coefficient (Wildman–Crippen LogP) is 2.34. The lowest BCUT2D eigenvalue weighted by Gasteiger charge is -2.29. The molecule has 0 N–H and O–H groups in total. The van der Waals surface area contributed by atoms with Crippen LogP contribution in [0, 0.1) is 5.92 Å². The first-order valence-electron chi connectivity index (χ1n) is 9.94. The van der Waals surface area contributed by atoms with Gasteiger partial charge < -0.3 is 9.80 Å². The predicted molar refractivity (Wildman–Crippen MR) is 107 cm³/mol. The number of sulfonamides is 1. The lowest BCUT2D eigenvalue weighted by atomic mass is 10.0. The molecule has 0 spiro atoms. The third kappa shape index (κ3) is 3.72. The first-order valence-corrected chi connectivity index (χ1v) is 11.4. The Balaban J connectivity index is 1.83. The molecule has 150 valence electrons. The summed E-state index contributed by atoms with van der Waals surface area (Å²) in [4.78, 5) is 17.0. The molecule has 2 aliphatic rings. The van der Waals surface area contributed by atoms with Crippen molar-refractivity contribution in [3.63, 3.8) is 0 Å². The molecule has 2 aliphatic heterocycles. The molecule has 7 heteroatoms. The van der Waals surface area contributed by atoms with Gasteiger partial charge >= 0.3 is 0 Å². The number of fused-ring (bicyclic) bond motifs is 1. The monoisotopic (exact) mass is 393 g/mol. The van der Waals surface area contributed by atoms with E-state index in [1.54, 1.807) is 16.4 Å². The summed E-state index contributed by atoms with van der Waals surface area (Å²) >= 11 is 0. The number of benzene rings is 1. The van der Waals surface area contributed by atoms with E-state index in [0.717, 1.165) is 24.1 Å². The van der Waals surface area contributed by atoms with Crippen molar-refractivity contribution in [2.45, 2.75) is 51.0 Å². The Labute approximate surface area is 163 Å². The quantitative estimate of drug-likeness (QED) is 0.770. The molecule has 1 atom stereocenters. The fourth-order valence-corrected chi connectivity index (χ4v) is 5.64. The van der Waals surface area contributed by atoms with Crippen molar-refractivity contribution in [3.05, 3.63) is 23.8 Å². The standard InChI is InChI=1S/C20H31N3O3S/c1-5-22(6-2)20(24)19-14-16-13-17(7-8-18(16)21(19)4)27(25,26)23-11-9-15(3)10-12-23/h7-8,13,15,19H,5-6,9-12,14H2,1-4H3. The van der Waals surface area contributed by atoms with E-state index >= 15 is 0 Å². The molecule has 0 bridgehead atoms. The number of rotatable bonds is 5. The van der Waals surface area contributed by atoms with Gasteiger partial charge in [-0.3, -0.25) is 4.79 Å². The van der Waals surface area contributed by atoms with Crippen LogP contribution in [0.2, 0.25) is 0 Å². The Hall–Kier alpha value is -1.60. The van der Waals surface area contributed by atoms with Gasteiger partial charge in [0.05, 0.1) is 4.90 Å². The first-order chi connectivity index (χ1) is 12.8. The molecule has 1 saturated heterocycles. The van der Waals surface area contributed by atoms with E-state index in [1.165, 1.54) is 0 Å². The van der Waals surface area contributed by atoms with Crippen LogP contribution in [0.5, 0.6) is 0 Å². The van der Waals surface area contributed by atoms with E-state index in [9.17, 15) is 13.2 Å². The van der Waals surface area contributed by atoms with E-state index in [0.29, 0.717) is 43.4 Å². The van der Waals surface area contributed by atoms with Crippen LogP contribution in [0.3, 0.4) is 0 Å². The van der Waals surface area contributed by atoms with Crippen molar-refractivity contribution >= 4 is 21.6 Å². The number of hydrogen-bond acceptors (Lipinski definition) is 4. The molecule has 6 nitrogen and oxygen atoms in total. The number of nitrogens with zero attached hydrogens (tertiary/aromatic N) is 3. The highest BCUT2D eigenvalue weighted by atomic mass is 32.2. The Bertz CT molecular complexity index is 797. The molecule has 0 aromatic heterocycles. The van der Waals surface area contributed by atoms with Crippen LogP contribution in [0.1, 0.15) is 39.2 Å². The second-order valence-electron chi connectivity index (χ2n) is 7.72. The number of carbonyl (C=O) groups is 1. The molecule has 0 saturated carbocycles. The third-order valence-corrected chi connectivity index (χ3v) is 7.95. The average molecular weight is 394 g/mol. The van der Waals surface area contributed by atoms with E-state index in [2.05, 4.69) is 6.92 Å². The second kappa shape index (κ2) is 7.80. The van der Waals surface area contributed by atoms with Gasteiger partial charge in [0.2, 0.25) is 15.9 Å². The highest BCUT2D eigenvalue weighted by Crippen LogP contribution is 2.34. The number of piperidine rings is 1. The normalized spacial score (nSPS) is 21.3. The molecular formula is C20H31N3O3S. The summed E-state index contributed by atoms with van der Waals surface area (Å²) in [6, 6.07) is 5.06. The first kappa shape index (κ1) is 20.1. The lowest BCUT2D eigenvalue weighted by molar-refractivity contribution is -0.132. The number of carbonyl (C=O) groups excluding carboxylic acids is 1. The van der Waals surface area contributed by atoms with E-state index < -0.39 is 10.0 Å². The maximum absolute atomic E-state index is 13.0. The van der Waals surface area contributed by atoms with Crippen LogP contribution in [-0.2, 0) is 21.2 Å². The van der Waals surface area contributed by atoms with Gasteiger partial charge in [-0.1, -0.05) is 6.92 Å². The van der Waals surface area contributed by atoms with Crippen molar-refractivity contribution in [2.24, 2.45) is 5.92 Å². The van der Waals surface area contributed by atoms with Gasteiger partial charge in [-0.25, -0.2) is 8.42 Å². The largest absolute Gasteiger partial charge is 0.362 e. The van der Waals surface area contributed by atoms with Gasteiger partial charge in [-0.15, -0.1) is 0 Å². The van der Waals surface area contributed by atoms with Crippen molar-refractivity contribution in [3.8, 4) is 0 Å². The Morgan fingerprint density at radius 3 is 2.41 bits per heavy atom. The minimum absolute atomic E-state index is 0.105. The molecule has 2 heterocycles. The summed E-state index contributed by atoms with van der Waals surface area (Å²) in [5, 5.41) is 0. The highest BCUT2D eigenvalue weighted by Gasteiger charge is 2.36. The molecule has 0 radical (unpaired) electrons. The molecule has 1 aromatic carbocycles. The maximum atomic E-state index is 13.0. The molecular weight excluding hydrogens is 362 g/mol. The second-order valence-corrected chi connectivity index (χ2v) is 9.66. The van der Waals surface area contributed by atoms with E-state index in [-0.39, 0.29) is 11.9 Å². The molecule has 1 fully saturated rings. The lowest BCUT2D eigenvalue weighted by Crippen LogP contribution is -2.45. The summed E-state index contributed by atoms with van der Waals surface area (Å²) in [6.07, 6.45) is 2.38. The van der Waals surface area contributed by atoms with Gasteiger partial charge in [-0.2, -0.15) is 4.31 Å². The van der Waals surface area contributed by atoms with Crippen LogP contribution in [0.15, 0.2) is 23.1 Å². The number of anilines is 1. The smallest absolute Gasteiger partial charge is 0.245 e. The van der Waals surface area contributed by atoms with Gasteiger partial charge in [0, 0.05) is 45.3 Å². The minimum atomic E-state index is -3.47. The fourth-order valence-electron chi connectivity index (χ4n) is 4.12. The fraction of sp³-hybridized carbons (Fsp3) is 0.650. The molecule has 3 rings (SSSR count). The topological polar surface area (TPSA) is 60.9 Å². The number of likely N-dealkylation sites (N-methyl/N-ethyl adjacent to an activating group) is 2. The van der Waals surface area contributed by atoms with Crippen molar-refractivity contribution in [1.82, 2.24) is 9.21 Å². The molecule has 0 aliphatic carbocycles. The number of hydrogen-bond donors (Lipinski definition) is 0. The molecule has 27 heavy (non-hydrogen) atoms. The zero-order valence-corrected chi connectivity index (χ0v) is 17.6. The van der Waals surface area contributed by atoms with Crippen LogP contribution in [0.25, 0.3) is 0 Å². The molecule has 1 aromatic rings. The Morgan fingerprint density at radius 1 is 1.19 bits per heavy atom. The van der Waals surface area contributed by atoms with Gasteiger partial charge in [0.15, 0.2) is 0 Å². The summed E-state index contributed by atoms with van der Waals surface area (Å²) < 4.78 is 27.7. The van der Waals surface area contributed by atoms with Gasteiger partial charge in [-0.05, 0) is 56.4 Å². The molecule has 1 amide bonds. The van der Waals surface area contributed by atoms with E-state index in [4.69, 9.17) is 0 Å². The molecule has 1 unspecified atom stereocenters. The van der Waals surface area contributed by atoms with Crippen molar-refractivity contribution < 1.29 is 13.2 Å². The van der Waals surface area contributed by atoms with Crippen LogP contribution < -0.4 is 4.90 Å². The van der Waals surface area contributed by atoms with Crippen LogP contribution in [-0.4, -0.2) is 62.8 Å². The third-order valence-electron chi connectivity index (χ3n) is 6.05. The van der Waals surface area contributed by atoms with Crippen LogP contribution >= 0.6 is 0 Å². The zero-order valence-electron chi connectivity index (χ0n) is 16.8. The Morgan fingerprint density at radius 2 is 1.81 bits per heavy atom.